The molecule has 2 amide bonds. The van der Waals surface area contributed by atoms with Crippen LogP contribution in [0.1, 0.15) is 36.1 Å². The van der Waals surface area contributed by atoms with E-state index < -0.39 is 6.04 Å². The number of nitrogens with zero attached hydrogens (tertiary/aromatic N) is 1. The summed E-state index contributed by atoms with van der Waals surface area (Å²) in [4.78, 5) is 27.3. The smallest absolute Gasteiger partial charge is 0.243 e. The Bertz CT molecular complexity index is 1240. The molecular weight excluding hydrogens is 414 g/mol. The van der Waals surface area contributed by atoms with E-state index in [1.807, 2.05) is 37.3 Å². The lowest BCUT2D eigenvalue weighted by molar-refractivity contribution is -0.122. The van der Waals surface area contributed by atoms with Crippen LogP contribution < -0.4 is 15.5 Å². The van der Waals surface area contributed by atoms with Crippen LogP contribution in [0.4, 0.5) is 11.4 Å². The number of anilines is 2. The summed E-state index contributed by atoms with van der Waals surface area (Å²) >= 11 is 0. The summed E-state index contributed by atoms with van der Waals surface area (Å²) in [6.07, 6.45) is 1.23. The van der Waals surface area contributed by atoms with Crippen molar-refractivity contribution in [3.63, 3.8) is 0 Å². The number of hydrogen-bond acceptors (Lipinski definition) is 4. The van der Waals surface area contributed by atoms with Crippen molar-refractivity contribution in [3.05, 3.63) is 77.4 Å². The van der Waals surface area contributed by atoms with E-state index in [2.05, 4.69) is 28.8 Å². The molecule has 0 radical (unpaired) electrons. The predicted octanol–water partition coefficient (Wildman–Crippen LogP) is 4.32. The van der Waals surface area contributed by atoms with Gasteiger partial charge in [-0.1, -0.05) is 36.4 Å². The molecule has 2 unspecified atom stereocenters. The molecule has 5 rings (SSSR count). The predicted molar refractivity (Wildman–Crippen MR) is 129 cm³/mol. The van der Waals surface area contributed by atoms with E-state index in [-0.39, 0.29) is 23.6 Å². The van der Waals surface area contributed by atoms with Gasteiger partial charge in [-0.2, -0.15) is 0 Å². The maximum absolute atomic E-state index is 13.2. The van der Waals surface area contributed by atoms with Gasteiger partial charge in [0.15, 0.2) is 0 Å². The molecule has 0 bridgehead atoms. The van der Waals surface area contributed by atoms with Crippen molar-refractivity contribution in [2.24, 2.45) is 0 Å². The molecule has 2 heterocycles. The lowest BCUT2D eigenvalue weighted by Crippen LogP contribution is -2.44. The molecule has 168 valence electrons. The number of phenolic OH excluding ortho intramolecular Hbond substituents is 1. The van der Waals surface area contributed by atoms with Crippen molar-refractivity contribution in [3.8, 4) is 16.9 Å². The number of nitrogens with one attached hydrogen (secondary N) is 2. The molecule has 0 fully saturated rings. The number of phenols is 1. The van der Waals surface area contributed by atoms with Gasteiger partial charge in [0.1, 0.15) is 11.8 Å². The second-order valence-electron chi connectivity index (χ2n) is 8.85. The van der Waals surface area contributed by atoms with Crippen LogP contribution >= 0.6 is 0 Å². The van der Waals surface area contributed by atoms with Gasteiger partial charge in [-0.15, -0.1) is 0 Å². The highest BCUT2D eigenvalue weighted by Crippen LogP contribution is 2.38. The van der Waals surface area contributed by atoms with Crippen LogP contribution in [0.2, 0.25) is 0 Å². The highest BCUT2D eigenvalue weighted by molar-refractivity contribution is 5.94. The maximum Gasteiger partial charge on any atom is 0.243 e. The fourth-order valence-electron chi connectivity index (χ4n) is 4.97. The SMILES string of the molecule is CC(=O)N1CCC(NC(=O)C2Cc3c(C)cc(O)cc3N2)c2cc(-c3ccccc3)ccc21. The summed E-state index contributed by atoms with van der Waals surface area (Å²) in [7, 11) is 0. The van der Waals surface area contributed by atoms with E-state index in [0.29, 0.717) is 19.4 Å². The molecule has 6 heteroatoms. The van der Waals surface area contributed by atoms with E-state index in [0.717, 1.165) is 39.2 Å². The highest BCUT2D eigenvalue weighted by Gasteiger charge is 2.33. The van der Waals surface area contributed by atoms with Crippen LogP contribution in [0.25, 0.3) is 11.1 Å². The molecule has 2 aliphatic heterocycles. The normalized spacial score (nSPS) is 18.8. The first-order chi connectivity index (χ1) is 15.9. The standard InChI is InChI=1S/C27H27N3O3/c1-16-12-20(32)14-24-21(16)15-25(28-24)27(33)29-23-10-11-30(17(2)31)26-9-8-19(13-22(23)26)18-6-4-3-5-7-18/h3-9,12-14,23,25,28,32H,10-11,15H2,1-2H3,(H,29,33). The average Bonchev–Trinajstić information content (AvgIpc) is 3.24. The molecular formula is C27H27N3O3. The number of aromatic hydroxyl groups is 1. The van der Waals surface area contributed by atoms with Crippen molar-refractivity contribution in [2.45, 2.75) is 38.8 Å². The van der Waals surface area contributed by atoms with Gasteiger partial charge >= 0.3 is 0 Å². The lowest BCUT2D eigenvalue weighted by atomic mass is 9.92. The van der Waals surface area contributed by atoms with Crippen LogP contribution in [0.5, 0.6) is 5.75 Å². The van der Waals surface area contributed by atoms with E-state index in [4.69, 9.17) is 0 Å². The Balaban J connectivity index is 1.42. The minimum atomic E-state index is -0.396. The Labute approximate surface area is 193 Å². The maximum atomic E-state index is 13.2. The Morgan fingerprint density at radius 3 is 2.61 bits per heavy atom. The number of aryl methyl sites for hydroxylation is 1. The van der Waals surface area contributed by atoms with Gasteiger partial charge in [0, 0.05) is 37.3 Å². The minimum absolute atomic E-state index is 0.00307. The van der Waals surface area contributed by atoms with Gasteiger partial charge in [0.05, 0.1) is 6.04 Å². The van der Waals surface area contributed by atoms with Crippen LogP contribution in [-0.4, -0.2) is 29.5 Å². The number of carbonyl (C=O) groups is 2. The van der Waals surface area contributed by atoms with Crippen molar-refractivity contribution < 1.29 is 14.7 Å². The van der Waals surface area contributed by atoms with Gasteiger partial charge in [0.25, 0.3) is 0 Å². The summed E-state index contributed by atoms with van der Waals surface area (Å²) in [6, 6.07) is 19.0. The van der Waals surface area contributed by atoms with Crippen LogP contribution in [0.3, 0.4) is 0 Å². The van der Waals surface area contributed by atoms with Crippen LogP contribution in [0.15, 0.2) is 60.7 Å². The molecule has 2 atom stereocenters. The van der Waals surface area contributed by atoms with Crippen LogP contribution in [0, 0.1) is 6.92 Å². The van der Waals surface area contributed by atoms with Gasteiger partial charge in [-0.25, -0.2) is 0 Å². The summed E-state index contributed by atoms with van der Waals surface area (Å²) in [5.41, 5.74) is 6.79. The van der Waals surface area contributed by atoms with Crippen LogP contribution in [-0.2, 0) is 16.0 Å². The third-order valence-corrected chi connectivity index (χ3v) is 6.65. The molecule has 0 saturated heterocycles. The third-order valence-electron chi connectivity index (χ3n) is 6.65. The summed E-state index contributed by atoms with van der Waals surface area (Å²) in [6.45, 7) is 4.08. The molecule has 3 aromatic carbocycles. The minimum Gasteiger partial charge on any atom is -0.508 e. The van der Waals surface area contributed by atoms with Crippen molar-refractivity contribution in [1.29, 1.82) is 0 Å². The van der Waals surface area contributed by atoms with Gasteiger partial charge in [0.2, 0.25) is 11.8 Å². The first kappa shape index (κ1) is 21.1. The van der Waals surface area contributed by atoms with E-state index in [1.165, 1.54) is 0 Å². The summed E-state index contributed by atoms with van der Waals surface area (Å²) < 4.78 is 0. The zero-order valence-electron chi connectivity index (χ0n) is 18.8. The Hall–Kier alpha value is -3.80. The van der Waals surface area contributed by atoms with E-state index in [9.17, 15) is 14.7 Å². The van der Waals surface area contributed by atoms with Crippen molar-refractivity contribution >= 4 is 23.2 Å². The molecule has 0 aliphatic carbocycles. The molecule has 33 heavy (non-hydrogen) atoms. The number of carbonyl (C=O) groups excluding carboxylic acids is 2. The number of benzene rings is 3. The zero-order valence-corrected chi connectivity index (χ0v) is 18.8. The quantitative estimate of drug-likeness (QED) is 0.566. The van der Waals surface area contributed by atoms with E-state index >= 15 is 0 Å². The number of fused-ring (bicyclic) bond motifs is 2. The first-order valence-electron chi connectivity index (χ1n) is 11.3. The monoisotopic (exact) mass is 441 g/mol. The topological polar surface area (TPSA) is 81.7 Å². The van der Waals surface area contributed by atoms with E-state index in [1.54, 1.807) is 24.0 Å². The molecule has 3 aromatic rings. The molecule has 0 aromatic heterocycles. The first-order valence-corrected chi connectivity index (χ1v) is 11.3. The molecule has 0 spiro atoms. The second-order valence-corrected chi connectivity index (χ2v) is 8.85. The summed E-state index contributed by atoms with van der Waals surface area (Å²) in [5, 5.41) is 16.4. The van der Waals surface area contributed by atoms with Gasteiger partial charge in [-0.05, 0) is 59.4 Å². The third kappa shape index (κ3) is 3.93. The fourth-order valence-corrected chi connectivity index (χ4v) is 4.97. The number of amides is 2. The number of hydrogen-bond donors (Lipinski definition) is 3. The molecule has 3 N–H and O–H groups in total. The Morgan fingerprint density at radius 1 is 1.06 bits per heavy atom. The fraction of sp³-hybridized carbons (Fsp3) is 0.259. The Kier molecular flexibility index (Phi) is 5.29. The van der Waals surface area contributed by atoms with Crippen molar-refractivity contribution in [2.75, 3.05) is 16.8 Å². The van der Waals surface area contributed by atoms with Gasteiger partial charge < -0.3 is 20.6 Å². The van der Waals surface area contributed by atoms with Gasteiger partial charge in [-0.3, -0.25) is 9.59 Å². The zero-order chi connectivity index (χ0) is 23.1. The molecule has 0 saturated carbocycles. The molecule has 6 nitrogen and oxygen atoms in total. The Morgan fingerprint density at radius 2 is 1.85 bits per heavy atom. The largest absolute Gasteiger partial charge is 0.508 e. The second kappa shape index (κ2) is 8.28. The van der Waals surface area contributed by atoms with Crippen molar-refractivity contribution in [1.82, 2.24) is 5.32 Å². The molecule has 2 aliphatic rings. The number of rotatable bonds is 3. The lowest BCUT2D eigenvalue weighted by Gasteiger charge is -2.35. The highest BCUT2D eigenvalue weighted by atomic mass is 16.3. The average molecular weight is 442 g/mol. The summed E-state index contributed by atoms with van der Waals surface area (Å²) in [5.74, 6) is 0.109.